The molecule has 0 amide bonds. The average molecular weight is 368 g/mol. The molecule has 2 aromatic heterocycles. The number of nitrogens with zero attached hydrogens (tertiary/aromatic N) is 3. The number of pyridine rings is 1. The maximum absolute atomic E-state index is 5.84. The monoisotopic (exact) mass is 367 g/mol. The second-order valence-electron chi connectivity index (χ2n) is 7.00. The van der Waals surface area contributed by atoms with E-state index in [0.717, 1.165) is 22.1 Å². The molecule has 0 unspecified atom stereocenters. The van der Waals surface area contributed by atoms with Crippen molar-refractivity contribution in [2.45, 2.75) is 51.2 Å². The highest BCUT2D eigenvalue weighted by molar-refractivity contribution is 9.10. The summed E-state index contributed by atoms with van der Waals surface area (Å²) in [6, 6.07) is 3.17. The molecule has 114 valence electrons. The van der Waals surface area contributed by atoms with Gasteiger partial charge < -0.3 is 4.74 Å². The van der Waals surface area contributed by atoms with Crippen LogP contribution in [0.25, 0.3) is 11.0 Å². The molecule has 1 fully saturated rings. The first-order chi connectivity index (χ1) is 9.96. The van der Waals surface area contributed by atoms with E-state index >= 15 is 0 Å². The highest BCUT2D eigenvalue weighted by Gasteiger charge is 2.30. The lowest BCUT2D eigenvalue weighted by Crippen LogP contribution is -2.22. The van der Waals surface area contributed by atoms with Crippen LogP contribution in [0.2, 0.25) is 25.7 Å². The zero-order chi connectivity index (χ0) is 15.0. The molecule has 2 heterocycles. The van der Waals surface area contributed by atoms with Gasteiger partial charge in [-0.25, -0.2) is 9.67 Å². The predicted molar refractivity (Wildman–Crippen MR) is 91.3 cm³/mol. The van der Waals surface area contributed by atoms with Crippen molar-refractivity contribution < 1.29 is 4.74 Å². The van der Waals surface area contributed by atoms with Crippen LogP contribution in [0, 0.1) is 0 Å². The lowest BCUT2D eigenvalue weighted by atomic mass is 10.2. The van der Waals surface area contributed by atoms with Crippen LogP contribution in [0.3, 0.4) is 0 Å². The van der Waals surface area contributed by atoms with Crippen molar-refractivity contribution in [2.75, 3.05) is 6.61 Å². The van der Waals surface area contributed by atoms with E-state index in [4.69, 9.17) is 9.84 Å². The molecule has 0 spiro atoms. The van der Waals surface area contributed by atoms with Crippen LogP contribution in [0.15, 0.2) is 16.7 Å². The van der Waals surface area contributed by atoms with Gasteiger partial charge >= 0.3 is 0 Å². The van der Waals surface area contributed by atoms with Crippen molar-refractivity contribution in [3.63, 3.8) is 0 Å². The Morgan fingerprint density at radius 2 is 2.14 bits per heavy atom. The van der Waals surface area contributed by atoms with Gasteiger partial charge in [0, 0.05) is 31.3 Å². The van der Waals surface area contributed by atoms with E-state index in [2.05, 4.69) is 40.6 Å². The summed E-state index contributed by atoms with van der Waals surface area (Å²) in [5.41, 5.74) is 2.11. The van der Waals surface area contributed by atoms with Gasteiger partial charge in [0.1, 0.15) is 6.73 Å². The van der Waals surface area contributed by atoms with Crippen LogP contribution in [0.5, 0.6) is 0 Å². The minimum Gasteiger partial charge on any atom is -0.359 e. The van der Waals surface area contributed by atoms with Gasteiger partial charge in [-0.15, -0.1) is 0 Å². The molecule has 6 heteroatoms. The van der Waals surface area contributed by atoms with Gasteiger partial charge in [0.25, 0.3) is 0 Å². The quantitative estimate of drug-likeness (QED) is 0.561. The van der Waals surface area contributed by atoms with Crippen molar-refractivity contribution >= 4 is 35.0 Å². The standard InChI is InChI=1S/C15H22BrN3OSi/c1-21(2,3)9-8-20-10-19-15-13(12(16)6-7-17-15)14(18-19)11-4-5-11/h6-7,11H,4-5,8-10H2,1-3H3. The molecule has 0 aromatic carbocycles. The van der Waals surface area contributed by atoms with Gasteiger partial charge in [0.15, 0.2) is 5.65 Å². The van der Waals surface area contributed by atoms with Crippen LogP contribution in [-0.2, 0) is 11.5 Å². The van der Waals surface area contributed by atoms with E-state index in [-0.39, 0.29) is 0 Å². The molecular formula is C15H22BrN3OSi. The normalized spacial score (nSPS) is 15.8. The molecule has 0 atom stereocenters. The van der Waals surface area contributed by atoms with E-state index < -0.39 is 8.07 Å². The van der Waals surface area contributed by atoms with Gasteiger partial charge in [-0.3, -0.25) is 0 Å². The van der Waals surface area contributed by atoms with E-state index in [1.807, 2.05) is 16.9 Å². The summed E-state index contributed by atoms with van der Waals surface area (Å²) in [4.78, 5) is 4.50. The van der Waals surface area contributed by atoms with Gasteiger partial charge in [-0.05, 0) is 40.9 Å². The van der Waals surface area contributed by atoms with Crippen molar-refractivity contribution in [3.8, 4) is 0 Å². The summed E-state index contributed by atoms with van der Waals surface area (Å²) in [5.74, 6) is 0.608. The molecule has 3 rings (SSSR count). The minimum absolute atomic E-state index is 0.497. The van der Waals surface area contributed by atoms with Gasteiger partial charge in [-0.2, -0.15) is 5.10 Å². The molecular weight excluding hydrogens is 346 g/mol. The summed E-state index contributed by atoms with van der Waals surface area (Å²) < 4.78 is 8.84. The second-order valence-corrected chi connectivity index (χ2v) is 13.5. The Morgan fingerprint density at radius 3 is 2.81 bits per heavy atom. The van der Waals surface area contributed by atoms with Crippen molar-refractivity contribution in [1.82, 2.24) is 14.8 Å². The largest absolute Gasteiger partial charge is 0.359 e. The first kappa shape index (κ1) is 15.2. The SMILES string of the molecule is C[Si](C)(C)CCOCn1nc(C2CC2)c2c(Br)ccnc21. The fourth-order valence-electron chi connectivity index (χ4n) is 2.35. The number of aromatic nitrogens is 3. The first-order valence-corrected chi connectivity index (χ1v) is 12.0. The zero-order valence-corrected chi connectivity index (χ0v) is 15.5. The van der Waals surface area contributed by atoms with Crippen molar-refractivity contribution in [3.05, 3.63) is 22.4 Å². The predicted octanol–water partition coefficient (Wildman–Crippen LogP) is 4.38. The fraction of sp³-hybridized carbons (Fsp3) is 0.600. The molecule has 0 saturated heterocycles. The molecule has 1 aliphatic rings. The van der Waals surface area contributed by atoms with Crippen LogP contribution >= 0.6 is 15.9 Å². The Morgan fingerprint density at radius 1 is 1.38 bits per heavy atom. The number of rotatable bonds is 6. The Labute approximate surface area is 135 Å². The van der Waals surface area contributed by atoms with Crippen LogP contribution in [-0.4, -0.2) is 29.4 Å². The van der Waals surface area contributed by atoms with E-state index in [9.17, 15) is 0 Å². The molecule has 4 nitrogen and oxygen atoms in total. The maximum atomic E-state index is 5.84. The van der Waals surface area contributed by atoms with Crippen molar-refractivity contribution in [2.24, 2.45) is 0 Å². The highest BCUT2D eigenvalue weighted by Crippen LogP contribution is 2.43. The fourth-order valence-corrected chi connectivity index (χ4v) is 3.61. The summed E-state index contributed by atoms with van der Waals surface area (Å²) >= 11 is 3.64. The second kappa shape index (κ2) is 5.82. The Kier molecular flexibility index (Phi) is 4.20. The lowest BCUT2D eigenvalue weighted by molar-refractivity contribution is 0.0810. The molecule has 21 heavy (non-hydrogen) atoms. The molecule has 0 N–H and O–H groups in total. The number of ether oxygens (including phenoxy) is 1. The molecule has 1 aliphatic carbocycles. The van der Waals surface area contributed by atoms with Crippen molar-refractivity contribution in [1.29, 1.82) is 0 Å². The number of fused-ring (bicyclic) bond motifs is 1. The third-order valence-electron chi connectivity index (χ3n) is 3.78. The number of halogens is 1. The highest BCUT2D eigenvalue weighted by atomic mass is 79.9. The van der Waals surface area contributed by atoms with Crippen LogP contribution in [0.4, 0.5) is 0 Å². The molecule has 0 aliphatic heterocycles. The Bertz CT molecular complexity index is 646. The Hall–Kier alpha value is -0.723. The molecule has 0 radical (unpaired) electrons. The van der Waals surface area contributed by atoms with Crippen LogP contribution < -0.4 is 0 Å². The van der Waals surface area contributed by atoms with E-state index in [1.165, 1.54) is 24.6 Å². The summed E-state index contributed by atoms with van der Waals surface area (Å²) in [7, 11) is -1.04. The zero-order valence-electron chi connectivity index (χ0n) is 12.9. The Balaban J connectivity index is 1.78. The maximum Gasteiger partial charge on any atom is 0.161 e. The molecule has 1 saturated carbocycles. The van der Waals surface area contributed by atoms with E-state index in [0.29, 0.717) is 12.6 Å². The molecule has 0 bridgehead atoms. The smallest absolute Gasteiger partial charge is 0.161 e. The summed E-state index contributed by atoms with van der Waals surface area (Å²) in [6.45, 7) is 8.40. The average Bonchev–Trinajstić information content (AvgIpc) is 3.17. The van der Waals surface area contributed by atoms with Crippen LogP contribution in [0.1, 0.15) is 24.5 Å². The molecule has 2 aromatic rings. The lowest BCUT2D eigenvalue weighted by Gasteiger charge is -2.15. The summed E-state index contributed by atoms with van der Waals surface area (Å²) in [6.07, 6.45) is 4.30. The summed E-state index contributed by atoms with van der Waals surface area (Å²) in [5, 5.41) is 5.92. The van der Waals surface area contributed by atoms with Gasteiger partial charge in [-0.1, -0.05) is 19.6 Å². The first-order valence-electron chi connectivity index (χ1n) is 7.54. The third-order valence-corrected chi connectivity index (χ3v) is 6.15. The third kappa shape index (κ3) is 3.55. The number of hydrogen-bond acceptors (Lipinski definition) is 3. The number of hydrogen-bond donors (Lipinski definition) is 0. The van der Waals surface area contributed by atoms with Gasteiger partial charge in [0.2, 0.25) is 0 Å². The van der Waals surface area contributed by atoms with E-state index in [1.54, 1.807) is 0 Å². The van der Waals surface area contributed by atoms with Gasteiger partial charge in [0.05, 0.1) is 11.1 Å². The topological polar surface area (TPSA) is 39.9 Å². The minimum atomic E-state index is -1.04.